The van der Waals surface area contributed by atoms with Crippen LogP contribution in [-0.4, -0.2) is 34.5 Å². The number of rotatable bonds is 7. The summed E-state index contributed by atoms with van der Waals surface area (Å²) < 4.78 is 0. The summed E-state index contributed by atoms with van der Waals surface area (Å²) in [5.41, 5.74) is 7.06. The molecule has 28 heavy (non-hydrogen) atoms. The van der Waals surface area contributed by atoms with Crippen molar-refractivity contribution in [1.82, 2.24) is 15.3 Å². The Morgan fingerprint density at radius 3 is 2.68 bits per heavy atom. The van der Waals surface area contributed by atoms with Crippen LogP contribution in [0.3, 0.4) is 0 Å². The minimum atomic E-state index is -0.569. The van der Waals surface area contributed by atoms with Gasteiger partial charge in [0.1, 0.15) is 5.82 Å². The maximum atomic E-state index is 11.7. The molecule has 1 aromatic carbocycles. The normalized spacial score (nSPS) is 13.8. The molecule has 9 heteroatoms. The number of urea groups is 1. The molecule has 0 radical (unpaired) electrons. The first-order valence-corrected chi connectivity index (χ1v) is 9.40. The average molecular weight is 383 g/mol. The predicted octanol–water partition coefficient (Wildman–Crippen LogP) is 2.82. The van der Waals surface area contributed by atoms with Crippen molar-refractivity contribution in [1.29, 1.82) is 0 Å². The highest BCUT2D eigenvalue weighted by molar-refractivity contribution is 5.97. The second-order valence-electron chi connectivity index (χ2n) is 6.64. The fraction of sp³-hybridized carbons (Fsp3) is 0.368. The molecule has 1 aliphatic carbocycles. The number of carbonyl (C=O) groups excluding carboxylic acids is 2. The lowest BCUT2D eigenvalue weighted by Gasteiger charge is -2.16. The molecule has 3 rings (SSSR count). The first-order valence-electron chi connectivity index (χ1n) is 9.40. The van der Waals surface area contributed by atoms with Gasteiger partial charge in [0.05, 0.1) is 5.56 Å². The van der Waals surface area contributed by atoms with Crippen LogP contribution in [0.15, 0.2) is 30.5 Å². The van der Waals surface area contributed by atoms with E-state index in [1.54, 1.807) is 18.2 Å². The van der Waals surface area contributed by atoms with E-state index in [-0.39, 0.29) is 17.6 Å². The van der Waals surface area contributed by atoms with E-state index in [4.69, 9.17) is 5.73 Å². The average Bonchev–Trinajstić information content (AvgIpc) is 3.15. The number of primary amides is 1. The Kier molecular flexibility index (Phi) is 6.25. The molecule has 0 bridgehead atoms. The Morgan fingerprint density at radius 1 is 1.21 bits per heavy atom. The quantitative estimate of drug-likeness (QED) is 0.499. The third-order valence-corrected chi connectivity index (χ3v) is 4.46. The summed E-state index contributed by atoms with van der Waals surface area (Å²) >= 11 is 0. The summed E-state index contributed by atoms with van der Waals surface area (Å²) in [5.74, 6) is 0.203. The number of hydrogen-bond donors (Lipinski definition) is 5. The largest absolute Gasteiger partial charge is 0.367 e. The molecular formula is C19H25N7O2. The molecule has 2 aromatic rings. The number of benzene rings is 1. The molecule has 0 atom stereocenters. The minimum absolute atomic E-state index is 0.268. The molecule has 0 spiro atoms. The second kappa shape index (κ2) is 9.03. The number of carbonyl (C=O) groups is 2. The molecule has 1 heterocycles. The number of anilines is 4. The van der Waals surface area contributed by atoms with Gasteiger partial charge < -0.3 is 27.0 Å². The molecule has 0 saturated heterocycles. The Bertz CT molecular complexity index is 850. The van der Waals surface area contributed by atoms with Crippen molar-refractivity contribution in [2.24, 2.45) is 5.73 Å². The van der Waals surface area contributed by atoms with Gasteiger partial charge in [-0.2, -0.15) is 4.98 Å². The first-order chi connectivity index (χ1) is 13.5. The maximum Gasteiger partial charge on any atom is 0.319 e. The van der Waals surface area contributed by atoms with Gasteiger partial charge in [0.2, 0.25) is 5.95 Å². The highest BCUT2D eigenvalue weighted by atomic mass is 16.2. The van der Waals surface area contributed by atoms with Crippen molar-refractivity contribution in [3.05, 3.63) is 36.0 Å². The van der Waals surface area contributed by atoms with E-state index < -0.39 is 5.91 Å². The van der Waals surface area contributed by atoms with Crippen molar-refractivity contribution < 1.29 is 9.59 Å². The summed E-state index contributed by atoms with van der Waals surface area (Å²) in [6, 6.07) is 7.20. The number of nitrogens with two attached hydrogens (primary N) is 1. The molecule has 1 fully saturated rings. The lowest BCUT2D eigenvalue weighted by Crippen LogP contribution is -2.28. The van der Waals surface area contributed by atoms with Gasteiger partial charge in [-0.25, -0.2) is 9.78 Å². The fourth-order valence-electron chi connectivity index (χ4n) is 3.14. The van der Waals surface area contributed by atoms with Crippen molar-refractivity contribution in [2.75, 3.05) is 22.5 Å². The van der Waals surface area contributed by atoms with Gasteiger partial charge in [0, 0.05) is 30.2 Å². The van der Waals surface area contributed by atoms with E-state index in [0.717, 1.165) is 25.7 Å². The number of nitrogens with zero attached hydrogens (tertiary/aromatic N) is 2. The van der Waals surface area contributed by atoms with Crippen LogP contribution in [0, 0.1) is 0 Å². The van der Waals surface area contributed by atoms with Crippen LogP contribution in [0.1, 0.15) is 43.0 Å². The van der Waals surface area contributed by atoms with Crippen molar-refractivity contribution in [3.8, 4) is 0 Å². The molecular weight excluding hydrogens is 358 g/mol. The molecule has 3 amide bonds. The molecule has 1 aliphatic rings. The van der Waals surface area contributed by atoms with Gasteiger partial charge in [-0.15, -0.1) is 0 Å². The third kappa shape index (κ3) is 5.09. The molecule has 1 aromatic heterocycles. The van der Waals surface area contributed by atoms with Gasteiger partial charge in [-0.05, 0) is 38.0 Å². The topological polar surface area (TPSA) is 134 Å². The van der Waals surface area contributed by atoms with Crippen molar-refractivity contribution in [2.45, 2.75) is 38.6 Å². The highest BCUT2D eigenvalue weighted by Crippen LogP contribution is 2.25. The number of aromatic nitrogens is 2. The zero-order valence-corrected chi connectivity index (χ0v) is 15.8. The lowest BCUT2D eigenvalue weighted by molar-refractivity contribution is 0.100. The summed E-state index contributed by atoms with van der Waals surface area (Å²) in [6.07, 6.45) is 5.82. The van der Waals surface area contributed by atoms with Gasteiger partial charge >= 0.3 is 6.03 Å². The summed E-state index contributed by atoms with van der Waals surface area (Å²) in [5, 5.41) is 11.8. The van der Waals surface area contributed by atoms with Crippen LogP contribution >= 0.6 is 0 Å². The SMILES string of the molecule is CCNC(=O)Nc1cccc(Nc2ncc(C(N)=O)c(NC3CCCC3)n2)c1. The zero-order valence-electron chi connectivity index (χ0n) is 15.8. The lowest BCUT2D eigenvalue weighted by atomic mass is 10.2. The van der Waals surface area contributed by atoms with Crippen LogP contribution in [0.25, 0.3) is 0 Å². The molecule has 0 aliphatic heterocycles. The van der Waals surface area contributed by atoms with E-state index >= 15 is 0 Å². The van der Waals surface area contributed by atoms with Gasteiger partial charge in [0.25, 0.3) is 5.91 Å². The van der Waals surface area contributed by atoms with Crippen LogP contribution < -0.4 is 27.0 Å². The van der Waals surface area contributed by atoms with E-state index in [1.165, 1.54) is 6.20 Å². The molecule has 148 valence electrons. The van der Waals surface area contributed by atoms with E-state index in [2.05, 4.69) is 31.2 Å². The van der Waals surface area contributed by atoms with Gasteiger partial charge in [-0.3, -0.25) is 4.79 Å². The van der Waals surface area contributed by atoms with E-state index in [1.807, 2.05) is 13.0 Å². The van der Waals surface area contributed by atoms with Crippen LogP contribution in [0.5, 0.6) is 0 Å². The van der Waals surface area contributed by atoms with Gasteiger partial charge in [0.15, 0.2) is 0 Å². The number of hydrogen-bond acceptors (Lipinski definition) is 6. The fourth-order valence-corrected chi connectivity index (χ4v) is 3.14. The second-order valence-corrected chi connectivity index (χ2v) is 6.64. The Labute approximate surface area is 163 Å². The Morgan fingerprint density at radius 2 is 1.96 bits per heavy atom. The highest BCUT2D eigenvalue weighted by Gasteiger charge is 2.19. The van der Waals surface area contributed by atoms with Gasteiger partial charge in [-0.1, -0.05) is 18.9 Å². The first kappa shape index (κ1) is 19.4. The monoisotopic (exact) mass is 383 g/mol. The Balaban J connectivity index is 1.76. The smallest absolute Gasteiger partial charge is 0.319 e. The third-order valence-electron chi connectivity index (χ3n) is 4.46. The molecule has 0 unspecified atom stereocenters. The van der Waals surface area contributed by atoms with Crippen molar-refractivity contribution >= 4 is 35.1 Å². The Hall–Kier alpha value is -3.36. The molecule has 6 N–H and O–H groups in total. The number of amides is 3. The van der Waals surface area contributed by atoms with Crippen LogP contribution in [0.4, 0.5) is 27.9 Å². The minimum Gasteiger partial charge on any atom is -0.367 e. The van der Waals surface area contributed by atoms with E-state index in [0.29, 0.717) is 29.7 Å². The van der Waals surface area contributed by atoms with Crippen molar-refractivity contribution in [3.63, 3.8) is 0 Å². The summed E-state index contributed by atoms with van der Waals surface area (Å²) in [6.45, 7) is 2.39. The maximum absolute atomic E-state index is 11.7. The summed E-state index contributed by atoms with van der Waals surface area (Å²) in [7, 11) is 0. The predicted molar refractivity (Wildman–Crippen MR) is 109 cm³/mol. The number of nitrogens with one attached hydrogen (secondary N) is 4. The molecule has 1 saturated carbocycles. The summed E-state index contributed by atoms with van der Waals surface area (Å²) in [4.78, 5) is 32.0. The zero-order chi connectivity index (χ0) is 19.9. The van der Waals surface area contributed by atoms with Crippen LogP contribution in [0.2, 0.25) is 0 Å². The molecule has 9 nitrogen and oxygen atoms in total. The van der Waals surface area contributed by atoms with E-state index in [9.17, 15) is 9.59 Å². The standard InChI is InChI=1S/C19H25N7O2/c1-2-21-19(28)25-14-9-5-8-13(10-14)24-18-22-11-15(16(20)27)17(26-18)23-12-6-3-4-7-12/h5,8-12H,2-4,6-7H2,1H3,(H2,20,27)(H2,21,25,28)(H2,22,23,24,26). The van der Waals surface area contributed by atoms with Crippen LogP contribution in [-0.2, 0) is 0 Å².